The van der Waals surface area contributed by atoms with Gasteiger partial charge in [-0.2, -0.15) is 0 Å². The van der Waals surface area contributed by atoms with E-state index in [2.05, 4.69) is 31.2 Å². The van der Waals surface area contributed by atoms with E-state index >= 15 is 0 Å². The molecule has 2 heteroatoms. The molecule has 0 aliphatic rings. The van der Waals surface area contributed by atoms with E-state index in [-0.39, 0.29) is 0 Å². The van der Waals surface area contributed by atoms with Crippen LogP contribution in [0.4, 0.5) is 0 Å². The first-order valence-electron chi connectivity index (χ1n) is 5.04. The molecule has 0 bridgehead atoms. The number of rotatable bonds is 2. The molecule has 2 aromatic carbocycles. The summed E-state index contributed by atoms with van der Waals surface area (Å²) in [7, 11) is 0. The topological polar surface area (TPSA) is 0 Å². The fourth-order valence-electron chi connectivity index (χ4n) is 1.64. The number of hydrogen-bond donors (Lipinski definition) is 0. The standard InChI is InChI=1S/C14H11ClS/c1-10-6-8-11(9-7-10)12-4-2-3-5-13(12)14(15)16/h2-9H,1H3. The lowest BCUT2D eigenvalue weighted by Gasteiger charge is -2.07. The third-order valence-corrected chi connectivity index (χ3v) is 2.92. The zero-order valence-corrected chi connectivity index (χ0v) is 10.5. The zero-order valence-electron chi connectivity index (χ0n) is 8.91. The molecule has 0 aliphatic heterocycles. The molecule has 80 valence electrons. The van der Waals surface area contributed by atoms with Crippen LogP contribution in [0.25, 0.3) is 11.1 Å². The van der Waals surface area contributed by atoms with Crippen LogP contribution >= 0.6 is 23.8 Å². The van der Waals surface area contributed by atoms with Crippen LogP contribution in [0.15, 0.2) is 48.5 Å². The minimum atomic E-state index is 0.413. The summed E-state index contributed by atoms with van der Waals surface area (Å²) in [5.41, 5.74) is 4.39. The number of halogens is 1. The second kappa shape index (κ2) is 4.77. The lowest BCUT2D eigenvalue weighted by atomic mass is 10.00. The largest absolute Gasteiger partial charge is 0.111 e. The summed E-state index contributed by atoms with van der Waals surface area (Å²) >= 11 is 11.0. The molecule has 0 saturated carbocycles. The Morgan fingerprint density at radius 3 is 2.25 bits per heavy atom. The molecule has 0 radical (unpaired) electrons. The van der Waals surface area contributed by atoms with Gasteiger partial charge in [0, 0.05) is 5.56 Å². The Morgan fingerprint density at radius 2 is 1.62 bits per heavy atom. The Labute approximate surface area is 106 Å². The molecule has 0 saturated heterocycles. The molecule has 0 aromatic heterocycles. The van der Waals surface area contributed by atoms with Gasteiger partial charge in [-0.3, -0.25) is 0 Å². The van der Waals surface area contributed by atoms with E-state index in [0.29, 0.717) is 4.32 Å². The van der Waals surface area contributed by atoms with Gasteiger partial charge >= 0.3 is 0 Å². The van der Waals surface area contributed by atoms with Gasteiger partial charge in [0.2, 0.25) is 0 Å². The number of hydrogen-bond acceptors (Lipinski definition) is 1. The van der Waals surface area contributed by atoms with Crippen molar-refractivity contribution in [3.8, 4) is 11.1 Å². The fraction of sp³-hybridized carbons (Fsp3) is 0.0714. The number of aryl methyl sites for hydroxylation is 1. The molecule has 0 spiro atoms. The predicted molar refractivity (Wildman–Crippen MR) is 74.2 cm³/mol. The van der Waals surface area contributed by atoms with E-state index < -0.39 is 0 Å². The normalized spacial score (nSPS) is 10.1. The van der Waals surface area contributed by atoms with Gasteiger partial charge in [0.25, 0.3) is 0 Å². The monoisotopic (exact) mass is 246 g/mol. The predicted octanol–water partition coefficient (Wildman–Crippen LogP) is 4.58. The van der Waals surface area contributed by atoms with Crippen LogP contribution in [-0.2, 0) is 0 Å². The van der Waals surface area contributed by atoms with E-state index in [1.54, 1.807) is 0 Å². The SMILES string of the molecule is Cc1ccc(-c2ccccc2C(=S)Cl)cc1. The minimum Gasteiger partial charge on any atom is -0.0709 e. The highest BCUT2D eigenvalue weighted by Gasteiger charge is 2.06. The average Bonchev–Trinajstić information content (AvgIpc) is 2.30. The third kappa shape index (κ3) is 2.31. The van der Waals surface area contributed by atoms with Crippen molar-refractivity contribution in [3.05, 3.63) is 59.7 Å². The molecule has 0 aliphatic carbocycles. The molecule has 0 unspecified atom stereocenters. The maximum atomic E-state index is 5.92. The van der Waals surface area contributed by atoms with E-state index in [9.17, 15) is 0 Å². The maximum Gasteiger partial charge on any atom is 0.111 e. The van der Waals surface area contributed by atoms with Gasteiger partial charge in [0.1, 0.15) is 4.32 Å². The molecular formula is C14H11ClS. The van der Waals surface area contributed by atoms with Crippen LogP contribution < -0.4 is 0 Å². The zero-order chi connectivity index (χ0) is 11.5. The Hall–Kier alpha value is -1.18. The van der Waals surface area contributed by atoms with Gasteiger partial charge < -0.3 is 0 Å². The first kappa shape index (κ1) is 11.3. The molecule has 0 amide bonds. The summed E-state index contributed by atoms with van der Waals surface area (Å²) in [5, 5.41) is 0. The average molecular weight is 247 g/mol. The molecule has 0 N–H and O–H groups in total. The van der Waals surface area contributed by atoms with Crippen molar-refractivity contribution < 1.29 is 0 Å². The van der Waals surface area contributed by atoms with Crippen LogP contribution in [0.2, 0.25) is 0 Å². The van der Waals surface area contributed by atoms with Crippen LogP contribution in [-0.4, -0.2) is 4.32 Å². The summed E-state index contributed by atoms with van der Waals surface area (Å²) in [6.07, 6.45) is 0. The molecule has 2 aromatic rings. The van der Waals surface area contributed by atoms with Gasteiger partial charge in [-0.15, -0.1) is 0 Å². The first-order valence-corrected chi connectivity index (χ1v) is 5.83. The van der Waals surface area contributed by atoms with E-state index in [1.807, 2.05) is 24.3 Å². The molecule has 0 fully saturated rings. The van der Waals surface area contributed by atoms with Crippen molar-refractivity contribution in [2.45, 2.75) is 6.92 Å². The van der Waals surface area contributed by atoms with Crippen molar-refractivity contribution in [3.63, 3.8) is 0 Å². The smallest absolute Gasteiger partial charge is 0.0709 e. The summed E-state index contributed by atoms with van der Waals surface area (Å²) in [5.74, 6) is 0. The quantitative estimate of drug-likeness (QED) is 0.552. The number of benzene rings is 2. The Balaban J connectivity index is 2.55. The van der Waals surface area contributed by atoms with Gasteiger partial charge in [-0.05, 0) is 18.1 Å². The summed E-state index contributed by atoms with van der Waals surface area (Å²) in [6.45, 7) is 2.07. The molecule has 0 heterocycles. The highest BCUT2D eigenvalue weighted by molar-refractivity contribution is 7.83. The lowest BCUT2D eigenvalue weighted by molar-refractivity contribution is 1.47. The molecule has 16 heavy (non-hydrogen) atoms. The van der Waals surface area contributed by atoms with Crippen LogP contribution in [0, 0.1) is 6.92 Å². The van der Waals surface area contributed by atoms with Crippen molar-refractivity contribution in [2.75, 3.05) is 0 Å². The van der Waals surface area contributed by atoms with Gasteiger partial charge in [-0.1, -0.05) is 77.9 Å². The second-order valence-electron chi connectivity index (χ2n) is 3.69. The van der Waals surface area contributed by atoms with E-state index in [1.165, 1.54) is 5.56 Å². The van der Waals surface area contributed by atoms with Gasteiger partial charge in [-0.25, -0.2) is 0 Å². The van der Waals surface area contributed by atoms with Crippen LogP contribution in [0.3, 0.4) is 0 Å². The van der Waals surface area contributed by atoms with Crippen molar-refractivity contribution >= 4 is 28.1 Å². The van der Waals surface area contributed by atoms with Crippen molar-refractivity contribution in [1.82, 2.24) is 0 Å². The second-order valence-corrected chi connectivity index (χ2v) is 4.70. The van der Waals surface area contributed by atoms with Crippen molar-refractivity contribution in [1.29, 1.82) is 0 Å². The van der Waals surface area contributed by atoms with Crippen molar-refractivity contribution in [2.24, 2.45) is 0 Å². The Morgan fingerprint density at radius 1 is 1.00 bits per heavy atom. The molecule has 2 rings (SSSR count). The highest BCUT2D eigenvalue weighted by Crippen LogP contribution is 2.25. The Kier molecular flexibility index (Phi) is 3.37. The summed E-state index contributed by atoms with van der Waals surface area (Å²) in [6, 6.07) is 16.3. The summed E-state index contributed by atoms with van der Waals surface area (Å²) in [4.78, 5) is 0. The van der Waals surface area contributed by atoms with E-state index in [4.69, 9.17) is 23.8 Å². The summed E-state index contributed by atoms with van der Waals surface area (Å²) < 4.78 is 0.413. The highest BCUT2D eigenvalue weighted by atomic mass is 35.5. The Bertz CT molecular complexity index is 515. The van der Waals surface area contributed by atoms with Crippen LogP contribution in [0.5, 0.6) is 0 Å². The fourth-order valence-corrected chi connectivity index (χ4v) is 1.98. The molecule has 0 atom stereocenters. The maximum absolute atomic E-state index is 5.92. The van der Waals surface area contributed by atoms with Crippen LogP contribution in [0.1, 0.15) is 11.1 Å². The third-order valence-electron chi connectivity index (χ3n) is 2.50. The first-order chi connectivity index (χ1) is 7.68. The van der Waals surface area contributed by atoms with E-state index in [0.717, 1.165) is 16.7 Å². The van der Waals surface area contributed by atoms with Gasteiger partial charge in [0.05, 0.1) is 0 Å². The minimum absolute atomic E-state index is 0.413. The van der Waals surface area contributed by atoms with Gasteiger partial charge in [0.15, 0.2) is 0 Å². The molecular weight excluding hydrogens is 236 g/mol. The number of thiocarbonyl (C=S) groups is 1. The lowest BCUT2D eigenvalue weighted by Crippen LogP contribution is -1.91. The molecule has 0 nitrogen and oxygen atoms in total.